The van der Waals surface area contributed by atoms with Crippen LogP contribution in [0.2, 0.25) is 10.0 Å². The minimum absolute atomic E-state index is 0.104. The van der Waals surface area contributed by atoms with Gasteiger partial charge in [0.1, 0.15) is 0 Å². The van der Waals surface area contributed by atoms with Gasteiger partial charge in [0.2, 0.25) is 0 Å². The highest BCUT2D eigenvalue weighted by atomic mass is 35.5. The molecule has 0 amide bonds. The van der Waals surface area contributed by atoms with Gasteiger partial charge in [0.15, 0.2) is 0 Å². The summed E-state index contributed by atoms with van der Waals surface area (Å²) in [6.07, 6.45) is -0.137. The van der Waals surface area contributed by atoms with Crippen LogP contribution < -0.4 is 0 Å². The highest BCUT2D eigenvalue weighted by Gasteiger charge is 2.18. The average molecular weight is 298 g/mol. The van der Waals surface area contributed by atoms with E-state index in [0.29, 0.717) is 21.0 Å². The zero-order chi connectivity index (χ0) is 14.2. The Morgan fingerprint density at radius 3 is 2.63 bits per heavy atom. The maximum Gasteiger partial charge on any atom is 0.307 e. The first-order chi connectivity index (χ1) is 8.90. The molecule has 0 saturated heterocycles. The van der Waals surface area contributed by atoms with Gasteiger partial charge in [0.25, 0.3) is 0 Å². The molecular weight excluding hydrogens is 285 g/mol. The fourth-order valence-electron chi connectivity index (χ4n) is 2.05. The van der Waals surface area contributed by atoms with Crippen LogP contribution in [0.1, 0.15) is 31.0 Å². The molecule has 0 fully saturated rings. The number of rotatable bonds is 3. The molecule has 100 valence electrons. The van der Waals surface area contributed by atoms with Crippen molar-refractivity contribution in [2.24, 2.45) is 0 Å². The SMILES string of the molecule is CC(C)c1nc2ccc(Cl)cc2c(Cl)c1CC(=O)O. The molecule has 0 aliphatic heterocycles. The van der Waals surface area contributed by atoms with Crippen molar-refractivity contribution in [3.8, 4) is 0 Å². The Kier molecular flexibility index (Phi) is 3.97. The summed E-state index contributed by atoms with van der Waals surface area (Å²) in [6.45, 7) is 3.93. The second-order valence-corrected chi connectivity index (χ2v) is 5.49. The van der Waals surface area contributed by atoms with Gasteiger partial charge in [0, 0.05) is 21.7 Å². The number of fused-ring (bicyclic) bond motifs is 1. The molecule has 0 aliphatic carbocycles. The molecule has 2 rings (SSSR count). The first-order valence-electron chi connectivity index (χ1n) is 5.89. The summed E-state index contributed by atoms with van der Waals surface area (Å²) in [6, 6.07) is 5.25. The Morgan fingerprint density at radius 2 is 2.05 bits per heavy atom. The first-order valence-corrected chi connectivity index (χ1v) is 6.65. The number of aromatic nitrogens is 1. The van der Waals surface area contributed by atoms with Crippen molar-refractivity contribution in [2.45, 2.75) is 26.2 Å². The van der Waals surface area contributed by atoms with Gasteiger partial charge >= 0.3 is 5.97 Å². The third-order valence-electron chi connectivity index (χ3n) is 2.88. The number of carboxylic acid groups (broad SMARTS) is 1. The zero-order valence-electron chi connectivity index (χ0n) is 10.6. The number of hydrogen-bond donors (Lipinski definition) is 1. The van der Waals surface area contributed by atoms with Crippen molar-refractivity contribution in [1.29, 1.82) is 0 Å². The number of benzene rings is 1. The molecule has 3 nitrogen and oxygen atoms in total. The summed E-state index contributed by atoms with van der Waals surface area (Å²) in [5.41, 5.74) is 2.02. The lowest BCUT2D eigenvalue weighted by Crippen LogP contribution is -2.08. The van der Waals surface area contributed by atoms with Crippen LogP contribution in [0, 0.1) is 0 Å². The van der Waals surface area contributed by atoms with E-state index in [-0.39, 0.29) is 12.3 Å². The van der Waals surface area contributed by atoms with E-state index in [0.717, 1.165) is 11.2 Å². The number of halogens is 2. The second kappa shape index (κ2) is 5.35. The number of pyridine rings is 1. The summed E-state index contributed by atoms with van der Waals surface area (Å²) in [5, 5.41) is 10.7. The Labute approximate surface area is 121 Å². The molecule has 0 saturated carbocycles. The van der Waals surface area contributed by atoms with Crippen LogP contribution in [0.4, 0.5) is 0 Å². The number of hydrogen-bond acceptors (Lipinski definition) is 2. The van der Waals surface area contributed by atoms with Gasteiger partial charge < -0.3 is 5.11 Å². The summed E-state index contributed by atoms with van der Waals surface area (Å²) < 4.78 is 0. The second-order valence-electron chi connectivity index (χ2n) is 4.68. The van der Waals surface area contributed by atoms with Gasteiger partial charge in [-0.05, 0) is 24.1 Å². The Balaban J connectivity index is 2.77. The Morgan fingerprint density at radius 1 is 1.37 bits per heavy atom. The molecule has 0 bridgehead atoms. The quantitative estimate of drug-likeness (QED) is 0.919. The van der Waals surface area contributed by atoms with Crippen molar-refractivity contribution in [1.82, 2.24) is 4.98 Å². The predicted molar refractivity (Wildman–Crippen MR) is 77.2 cm³/mol. The normalized spacial score (nSPS) is 11.2. The first kappa shape index (κ1) is 14.1. The number of nitrogens with zero attached hydrogens (tertiary/aromatic N) is 1. The van der Waals surface area contributed by atoms with Gasteiger partial charge in [-0.15, -0.1) is 0 Å². The van der Waals surface area contributed by atoms with E-state index in [9.17, 15) is 4.79 Å². The number of aliphatic carboxylic acids is 1. The summed E-state index contributed by atoms with van der Waals surface area (Å²) in [4.78, 5) is 15.5. The lowest BCUT2D eigenvalue weighted by Gasteiger charge is -2.14. The van der Waals surface area contributed by atoms with Crippen molar-refractivity contribution in [3.63, 3.8) is 0 Å². The number of carboxylic acids is 1. The van der Waals surface area contributed by atoms with Crippen molar-refractivity contribution in [2.75, 3.05) is 0 Å². The summed E-state index contributed by atoms with van der Waals surface area (Å²) >= 11 is 12.3. The molecular formula is C14H13Cl2NO2. The van der Waals surface area contributed by atoms with Crippen LogP contribution >= 0.6 is 23.2 Å². The van der Waals surface area contributed by atoms with Crippen molar-refractivity contribution >= 4 is 40.1 Å². The van der Waals surface area contributed by atoms with E-state index in [4.69, 9.17) is 28.3 Å². The zero-order valence-corrected chi connectivity index (χ0v) is 12.1. The largest absolute Gasteiger partial charge is 0.481 e. The molecule has 0 radical (unpaired) electrons. The molecule has 1 heterocycles. The third-order valence-corrected chi connectivity index (χ3v) is 3.55. The van der Waals surface area contributed by atoms with Crippen LogP contribution in [0.3, 0.4) is 0 Å². The predicted octanol–water partition coefficient (Wildman–Crippen LogP) is 4.29. The standard InChI is InChI=1S/C14H13Cl2NO2/c1-7(2)14-10(6-12(18)19)13(16)9-5-8(15)3-4-11(9)17-14/h3-5,7H,6H2,1-2H3,(H,18,19). The molecule has 5 heteroatoms. The minimum Gasteiger partial charge on any atom is -0.481 e. The molecule has 1 aromatic carbocycles. The molecule has 19 heavy (non-hydrogen) atoms. The fraction of sp³-hybridized carbons (Fsp3) is 0.286. The maximum absolute atomic E-state index is 11.0. The van der Waals surface area contributed by atoms with Crippen LogP contribution in [-0.2, 0) is 11.2 Å². The number of carbonyl (C=O) groups is 1. The van der Waals surface area contributed by atoms with Gasteiger partial charge in [0.05, 0.1) is 17.0 Å². The fourth-order valence-corrected chi connectivity index (χ4v) is 2.54. The molecule has 0 aliphatic rings. The molecule has 1 aromatic heterocycles. The molecule has 0 atom stereocenters. The third kappa shape index (κ3) is 2.82. The summed E-state index contributed by atoms with van der Waals surface area (Å²) in [7, 11) is 0. The smallest absolute Gasteiger partial charge is 0.307 e. The molecule has 2 aromatic rings. The van der Waals surface area contributed by atoms with Crippen molar-refractivity contribution < 1.29 is 9.90 Å². The maximum atomic E-state index is 11.0. The van der Waals surface area contributed by atoms with Gasteiger partial charge in [-0.1, -0.05) is 37.0 Å². The summed E-state index contributed by atoms with van der Waals surface area (Å²) in [5.74, 6) is -0.820. The van der Waals surface area contributed by atoms with E-state index in [1.54, 1.807) is 18.2 Å². The highest BCUT2D eigenvalue weighted by molar-refractivity contribution is 6.37. The van der Waals surface area contributed by atoms with Crippen LogP contribution in [0.5, 0.6) is 0 Å². The monoisotopic (exact) mass is 297 g/mol. The molecule has 0 spiro atoms. The van der Waals surface area contributed by atoms with Gasteiger partial charge in [-0.25, -0.2) is 0 Å². The topological polar surface area (TPSA) is 50.2 Å². The minimum atomic E-state index is -0.924. The van der Waals surface area contributed by atoms with Gasteiger partial charge in [-0.2, -0.15) is 0 Å². The van der Waals surface area contributed by atoms with Crippen molar-refractivity contribution in [3.05, 3.63) is 39.5 Å². The van der Waals surface area contributed by atoms with Crippen LogP contribution in [-0.4, -0.2) is 16.1 Å². The molecule has 1 N–H and O–H groups in total. The van der Waals surface area contributed by atoms with E-state index in [2.05, 4.69) is 4.98 Å². The van der Waals surface area contributed by atoms with E-state index in [1.807, 2.05) is 13.8 Å². The van der Waals surface area contributed by atoms with Crippen LogP contribution in [0.25, 0.3) is 10.9 Å². The highest BCUT2D eigenvalue weighted by Crippen LogP contribution is 2.33. The van der Waals surface area contributed by atoms with E-state index >= 15 is 0 Å². The van der Waals surface area contributed by atoms with Gasteiger partial charge in [-0.3, -0.25) is 9.78 Å². The lowest BCUT2D eigenvalue weighted by atomic mass is 9.99. The molecule has 0 unspecified atom stereocenters. The van der Waals surface area contributed by atoms with Crippen LogP contribution in [0.15, 0.2) is 18.2 Å². The van der Waals surface area contributed by atoms with E-state index < -0.39 is 5.97 Å². The van der Waals surface area contributed by atoms with E-state index in [1.165, 1.54) is 0 Å². The Hall–Kier alpha value is -1.32. The lowest BCUT2D eigenvalue weighted by molar-refractivity contribution is -0.136. The average Bonchev–Trinajstić information content (AvgIpc) is 2.32. The Bertz CT molecular complexity index is 653.